The third-order valence-electron chi connectivity index (χ3n) is 3.01. The molecular formula is C12H21N3O2. The Balaban J connectivity index is 2.91. The summed E-state index contributed by atoms with van der Waals surface area (Å²) < 4.78 is 2.85. The van der Waals surface area contributed by atoms with E-state index in [-0.39, 0.29) is 11.2 Å². The summed E-state index contributed by atoms with van der Waals surface area (Å²) in [5, 5.41) is 0. The van der Waals surface area contributed by atoms with E-state index in [2.05, 4.69) is 18.7 Å². The van der Waals surface area contributed by atoms with Gasteiger partial charge in [-0.3, -0.25) is 9.36 Å². The van der Waals surface area contributed by atoms with Gasteiger partial charge in [-0.15, -0.1) is 0 Å². The molecule has 0 aliphatic carbocycles. The maximum Gasteiger partial charge on any atom is 0.330 e. The van der Waals surface area contributed by atoms with Crippen LogP contribution in [-0.4, -0.2) is 33.7 Å². The van der Waals surface area contributed by atoms with Crippen molar-refractivity contribution >= 4 is 0 Å². The molecule has 0 bridgehead atoms. The molecule has 96 valence electrons. The lowest BCUT2D eigenvalue weighted by Gasteiger charge is -2.18. The van der Waals surface area contributed by atoms with Gasteiger partial charge in [0.2, 0.25) is 0 Å². The second-order valence-corrected chi connectivity index (χ2v) is 3.90. The number of hydrogen-bond donors (Lipinski definition) is 0. The summed E-state index contributed by atoms with van der Waals surface area (Å²) in [6, 6.07) is 1.45. The van der Waals surface area contributed by atoms with Crippen molar-refractivity contribution in [2.45, 2.75) is 33.9 Å². The molecule has 0 spiro atoms. The smallest absolute Gasteiger partial charge is 0.302 e. The molecule has 5 heteroatoms. The molecule has 0 radical (unpaired) electrons. The molecule has 1 aromatic heterocycles. The van der Waals surface area contributed by atoms with Crippen molar-refractivity contribution in [3.05, 3.63) is 33.1 Å². The molecule has 1 rings (SSSR count). The highest BCUT2D eigenvalue weighted by Gasteiger charge is 2.05. The van der Waals surface area contributed by atoms with Gasteiger partial charge in [-0.1, -0.05) is 13.8 Å². The van der Waals surface area contributed by atoms with Crippen LogP contribution in [0, 0.1) is 0 Å². The van der Waals surface area contributed by atoms with Gasteiger partial charge in [-0.2, -0.15) is 0 Å². The van der Waals surface area contributed by atoms with Gasteiger partial charge in [0.1, 0.15) is 0 Å². The molecule has 0 atom stereocenters. The van der Waals surface area contributed by atoms with Crippen molar-refractivity contribution in [3.63, 3.8) is 0 Å². The summed E-state index contributed by atoms with van der Waals surface area (Å²) in [6.45, 7) is 9.67. The first kappa shape index (κ1) is 13.7. The van der Waals surface area contributed by atoms with Crippen LogP contribution in [0.3, 0.4) is 0 Å². The molecular weight excluding hydrogens is 218 g/mol. The first-order valence-electron chi connectivity index (χ1n) is 6.16. The molecule has 0 aromatic carbocycles. The van der Waals surface area contributed by atoms with Crippen LogP contribution in [-0.2, 0) is 13.1 Å². The van der Waals surface area contributed by atoms with E-state index < -0.39 is 0 Å². The van der Waals surface area contributed by atoms with Crippen molar-refractivity contribution in [1.82, 2.24) is 14.0 Å². The number of aromatic nitrogens is 2. The summed E-state index contributed by atoms with van der Waals surface area (Å²) in [6.07, 6.45) is 1.55. The van der Waals surface area contributed by atoms with E-state index in [0.717, 1.165) is 19.6 Å². The third kappa shape index (κ3) is 3.30. The molecule has 0 saturated heterocycles. The van der Waals surface area contributed by atoms with Gasteiger partial charge in [0, 0.05) is 31.9 Å². The topological polar surface area (TPSA) is 47.2 Å². The second kappa shape index (κ2) is 6.39. The maximum absolute atomic E-state index is 11.9. The Morgan fingerprint density at radius 1 is 1.18 bits per heavy atom. The fourth-order valence-electron chi connectivity index (χ4n) is 1.78. The zero-order chi connectivity index (χ0) is 12.8. The molecule has 0 N–H and O–H groups in total. The molecule has 0 unspecified atom stereocenters. The standard InChI is InChI=1S/C12H21N3O2/c1-4-13(5-2)9-10-15-11(16)7-8-14(6-3)12(15)17/h7-8H,4-6,9-10H2,1-3H3. The minimum absolute atomic E-state index is 0.216. The Morgan fingerprint density at radius 2 is 1.82 bits per heavy atom. The van der Waals surface area contributed by atoms with Gasteiger partial charge in [0.25, 0.3) is 5.56 Å². The quantitative estimate of drug-likeness (QED) is 0.720. The van der Waals surface area contributed by atoms with Crippen LogP contribution in [0.15, 0.2) is 21.9 Å². The Morgan fingerprint density at radius 3 is 2.35 bits per heavy atom. The van der Waals surface area contributed by atoms with Gasteiger partial charge in [0.15, 0.2) is 0 Å². The first-order valence-corrected chi connectivity index (χ1v) is 6.16. The molecule has 0 saturated carbocycles. The average molecular weight is 239 g/mol. The van der Waals surface area contributed by atoms with Crippen molar-refractivity contribution in [2.75, 3.05) is 19.6 Å². The van der Waals surface area contributed by atoms with E-state index in [1.54, 1.807) is 10.8 Å². The predicted molar refractivity (Wildman–Crippen MR) is 68.4 cm³/mol. The van der Waals surface area contributed by atoms with E-state index in [0.29, 0.717) is 13.1 Å². The number of likely N-dealkylation sites (N-methyl/N-ethyl adjacent to an activating group) is 1. The Bertz CT molecular complexity index is 458. The van der Waals surface area contributed by atoms with Crippen molar-refractivity contribution < 1.29 is 0 Å². The van der Waals surface area contributed by atoms with Crippen LogP contribution < -0.4 is 11.2 Å². The molecule has 1 aromatic rings. The summed E-state index contributed by atoms with van der Waals surface area (Å²) in [7, 11) is 0. The van der Waals surface area contributed by atoms with Crippen LogP contribution in [0.25, 0.3) is 0 Å². The van der Waals surface area contributed by atoms with Crippen LogP contribution >= 0.6 is 0 Å². The van der Waals surface area contributed by atoms with Gasteiger partial charge in [-0.05, 0) is 20.0 Å². The van der Waals surface area contributed by atoms with Gasteiger partial charge in [0.05, 0.1) is 0 Å². The number of hydrogen-bond acceptors (Lipinski definition) is 3. The van der Waals surface area contributed by atoms with E-state index in [1.165, 1.54) is 10.6 Å². The fraction of sp³-hybridized carbons (Fsp3) is 0.667. The van der Waals surface area contributed by atoms with Crippen LogP contribution in [0.4, 0.5) is 0 Å². The first-order chi connectivity index (χ1) is 8.13. The highest BCUT2D eigenvalue weighted by molar-refractivity contribution is 4.86. The summed E-state index contributed by atoms with van der Waals surface area (Å²) in [5.41, 5.74) is -0.431. The van der Waals surface area contributed by atoms with E-state index in [1.807, 2.05) is 6.92 Å². The van der Waals surface area contributed by atoms with Crippen molar-refractivity contribution in [3.8, 4) is 0 Å². The monoisotopic (exact) mass is 239 g/mol. The molecule has 0 amide bonds. The zero-order valence-corrected chi connectivity index (χ0v) is 10.8. The lowest BCUT2D eigenvalue weighted by molar-refractivity contribution is 0.285. The van der Waals surface area contributed by atoms with Gasteiger partial charge >= 0.3 is 5.69 Å². The Labute approximate surface area is 101 Å². The number of rotatable bonds is 6. The van der Waals surface area contributed by atoms with Crippen molar-refractivity contribution in [1.29, 1.82) is 0 Å². The molecule has 0 aliphatic heterocycles. The molecule has 1 heterocycles. The van der Waals surface area contributed by atoms with Crippen LogP contribution in [0.5, 0.6) is 0 Å². The van der Waals surface area contributed by atoms with E-state index in [4.69, 9.17) is 0 Å². The third-order valence-corrected chi connectivity index (χ3v) is 3.01. The van der Waals surface area contributed by atoms with Crippen LogP contribution in [0.1, 0.15) is 20.8 Å². The van der Waals surface area contributed by atoms with Crippen molar-refractivity contribution in [2.24, 2.45) is 0 Å². The molecule has 17 heavy (non-hydrogen) atoms. The molecule has 0 aliphatic rings. The molecule has 5 nitrogen and oxygen atoms in total. The van der Waals surface area contributed by atoms with Gasteiger partial charge < -0.3 is 9.47 Å². The molecule has 0 fully saturated rings. The highest BCUT2D eigenvalue weighted by Crippen LogP contribution is 1.87. The second-order valence-electron chi connectivity index (χ2n) is 3.90. The predicted octanol–water partition coefficient (Wildman–Crippen LogP) is 0.372. The SMILES string of the molecule is CCN(CC)CCn1c(=O)ccn(CC)c1=O. The van der Waals surface area contributed by atoms with Crippen LogP contribution in [0.2, 0.25) is 0 Å². The van der Waals surface area contributed by atoms with Gasteiger partial charge in [-0.25, -0.2) is 4.79 Å². The lowest BCUT2D eigenvalue weighted by Crippen LogP contribution is -2.41. The minimum atomic E-state index is -0.216. The number of aryl methyl sites for hydroxylation is 1. The summed E-state index contributed by atoms with van der Waals surface area (Å²) in [4.78, 5) is 25.7. The summed E-state index contributed by atoms with van der Waals surface area (Å²) >= 11 is 0. The number of nitrogens with zero attached hydrogens (tertiary/aromatic N) is 3. The average Bonchev–Trinajstić information content (AvgIpc) is 2.34. The van der Waals surface area contributed by atoms with E-state index in [9.17, 15) is 9.59 Å². The fourth-order valence-corrected chi connectivity index (χ4v) is 1.78. The highest BCUT2D eigenvalue weighted by atomic mass is 16.2. The zero-order valence-electron chi connectivity index (χ0n) is 10.8. The Hall–Kier alpha value is -1.36. The maximum atomic E-state index is 11.9. The Kier molecular flexibility index (Phi) is 5.15. The van der Waals surface area contributed by atoms with E-state index >= 15 is 0 Å². The summed E-state index contributed by atoms with van der Waals surface area (Å²) in [5.74, 6) is 0. The largest absolute Gasteiger partial charge is 0.330 e. The lowest BCUT2D eigenvalue weighted by atomic mass is 10.4. The minimum Gasteiger partial charge on any atom is -0.302 e. The normalized spacial score (nSPS) is 11.1.